The summed E-state index contributed by atoms with van der Waals surface area (Å²) in [6, 6.07) is 8.31. The normalized spacial score (nSPS) is 12.4. The van der Waals surface area contributed by atoms with Crippen LogP contribution in [0.25, 0.3) is 0 Å². The minimum atomic E-state index is 0.385. The number of ketones is 1. The van der Waals surface area contributed by atoms with E-state index in [0.717, 1.165) is 38.2 Å². The van der Waals surface area contributed by atoms with Gasteiger partial charge in [0.05, 0.1) is 6.61 Å². The van der Waals surface area contributed by atoms with Gasteiger partial charge in [-0.2, -0.15) is 0 Å². The Kier molecular flexibility index (Phi) is 9.61. The Morgan fingerprint density at radius 1 is 1.13 bits per heavy atom. The summed E-state index contributed by atoms with van der Waals surface area (Å²) in [6.07, 6.45) is 3.35. The molecule has 0 aliphatic carbocycles. The standard InChI is InChI=1S/C20H33NO2/c1-5-17(18-10-9-11-20(16-18)23-8-4)12-13-19(22)14-15-21(6-2)7-3/h9-11,16-17H,5-8,12-15H2,1-4H3. The highest BCUT2D eigenvalue weighted by molar-refractivity contribution is 5.78. The highest BCUT2D eigenvalue weighted by Gasteiger charge is 2.13. The van der Waals surface area contributed by atoms with Gasteiger partial charge >= 0.3 is 0 Å². The Bertz CT molecular complexity index is 455. The molecule has 0 fully saturated rings. The zero-order valence-corrected chi connectivity index (χ0v) is 15.3. The van der Waals surface area contributed by atoms with Crippen molar-refractivity contribution < 1.29 is 9.53 Å². The molecule has 3 heteroatoms. The monoisotopic (exact) mass is 319 g/mol. The van der Waals surface area contributed by atoms with Crippen molar-refractivity contribution in [1.29, 1.82) is 0 Å². The smallest absolute Gasteiger partial charge is 0.134 e. The molecule has 0 aliphatic heterocycles. The van der Waals surface area contributed by atoms with Crippen LogP contribution in [0, 0.1) is 0 Å². The molecule has 0 radical (unpaired) electrons. The third-order valence-electron chi connectivity index (χ3n) is 4.51. The van der Waals surface area contributed by atoms with Crippen molar-refractivity contribution in [2.24, 2.45) is 0 Å². The Labute approximate surface area is 142 Å². The molecular formula is C20H33NO2. The van der Waals surface area contributed by atoms with E-state index in [0.29, 0.717) is 31.1 Å². The molecule has 0 amide bonds. The van der Waals surface area contributed by atoms with E-state index >= 15 is 0 Å². The van der Waals surface area contributed by atoms with E-state index in [1.165, 1.54) is 5.56 Å². The van der Waals surface area contributed by atoms with Crippen molar-refractivity contribution in [3.63, 3.8) is 0 Å². The summed E-state index contributed by atoms with van der Waals surface area (Å²) < 4.78 is 5.58. The summed E-state index contributed by atoms with van der Waals surface area (Å²) in [7, 11) is 0. The second-order valence-electron chi connectivity index (χ2n) is 5.96. The highest BCUT2D eigenvalue weighted by Crippen LogP contribution is 2.27. The molecule has 0 spiro atoms. The SMILES string of the molecule is CCOc1cccc(C(CC)CCC(=O)CCN(CC)CC)c1. The van der Waals surface area contributed by atoms with Crippen LogP contribution in [-0.4, -0.2) is 36.9 Å². The first kappa shape index (κ1) is 19.7. The summed E-state index contributed by atoms with van der Waals surface area (Å²) in [5, 5.41) is 0. The summed E-state index contributed by atoms with van der Waals surface area (Å²) in [5.41, 5.74) is 1.29. The van der Waals surface area contributed by atoms with E-state index < -0.39 is 0 Å². The lowest BCUT2D eigenvalue weighted by Gasteiger charge is -2.18. The van der Waals surface area contributed by atoms with Gasteiger partial charge in [0.15, 0.2) is 0 Å². The maximum atomic E-state index is 12.1. The van der Waals surface area contributed by atoms with Crippen molar-refractivity contribution in [3.8, 4) is 5.75 Å². The highest BCUT2D eigenvalue weighted by atomic mass is 16.5. The Balaban J connectivity index is 2.50. The maximum Gasteiger partial charge on any atom is 0.134 e. The Morgan fingerprint density at radius 2 is 1.87 bits per heavy atom. The van der Waals surface area contributed by atoms with Crippen molar-refractivity contribution in [1.82, 2.24) is 4.90 Å². The number of hydrogen-bond acceptors (Lipinski definition) is 3. The van der Waals surface area contributed by atoms with Gasteiger partial charge in [-0.1, -0.05) is 32.9 Å². The van der Waals surface area contributed by atoms with Gasteiger partial charge in [0.2, 0.25) is 0 Å². The maximum absolute atomic E-state index is 12.1. The van der Waals surface area contributed by atoms with Gasteiger partial charge in [-0.25, -0.2) is 0 Å². The lowest BCUT2D eigenvalue weighted by molar-refractivity contribution is -0.119. The van der Waals surface area contributed by atoms with Crippen LogP contribution in [0.2, 0.25) is 0 Å². The van der Waals surface area contributed by atoms with Gasteiger partial charge in [-0.3, -0.25) is 4.79 Å². The summed E-state index contributed by atoms with van der Waals surface area (Å²) >= 11 is 0. The molecule has 1 atom stereocenters. The molecule has 0 aliphatic rings. The van der Waals surface area contributed by atoms with Crippen LogP contribution in [0.5, 0.6) is 5.75 Å². The number of hydrogen-bond donors (Lipinski definition) is 0. The van der Waals surface area contributed by atoms with Crippen LogP contribution in [-0.2, 0) is 4.79 Å². The predicted octanol–water partition coefficient (Wildman–Crippen LogP) is 4.66. The van der Waals surface area contributed by atoms with E-state index in [9.17, 15) is 4.79 Å². The number of carbonyl (C=O) groups excluding carboxylic acids is 1. The summed E-state index contributed by atoms with van der Waals surface area (Å²) in [6.45, 7) is 12.1. The average molecular weight is 319 g/mol. The molecule has 1 unspecified atom stereocenters. The number of rotatable bonds is 12. The minimum Gasteiger partial charge on any atom is -0.494 e. The molecule has 1 rings (SSSR count). The third kappa shape index (κ3) is 7.17. The largest absolute Gasteiger partial charge is 0.494 e. The molecule has 0 saturated carbocycles. The predicted molar refractivity (Wildman–Crippen MR) is 97.3 cm³/mol. The van der Waals surface area contributed by atoms with Gasteiger partial charge in [-0.05, 0) is 56.5 Å². The molecule has 0 aromatic heterocycles. The van der Waals surface area contributed by atoms with E-state index in [1.54, 1.807) is 0 Å². The zero-order chi connectivity index (χ0) is 17.1. The summed E-state index contributed by atoms with van der Waals surface area (Å²) in [4.78, 5) is 14.5. The van der Waals surface area contributed by atoms with Crippen molar-refractivity contribution in [2.75, 3.05) is 26.2 Å². The van der Waals surface area contributed by atoms with Gasteiger partial charge < -0.3 is 9.64 Å². The van der Waals surface area contributed by atoms with E-state index in [-0.39, 0.29) is 0 Å². The molecular weight excluding hydrogens is 286 g/mol. The first-order valence-corrected chi connectivity index (χ1v) is 9.11. The van der Waals surface area contributed by atoms with Gasteiger partial charge in [0.25, 0.3) is 0 Å². The first-order valence-electron chi connectivity index (χ1n) is 9.11. The molecule has 23 heavy (non-hydrogen) atoms. The number of benzene rings is 1. The molecule has 1 aromatic rings. The van der Waals surface area contributed by atoms with Gasteiger partial charge in [0, 0.05) is 19.4 Å². The van der Waals surface area contributed by atoms with Crippen LogP contribution in [0.15, 0.2) is 24.3 Å². The van der Waals surface area contributed by atoms with E-state index in [2.05, 4.69) is 37.8 Å². The van der Waals surface area contributed by atoms with Crippen molar-refractivity contribution in [2.45, 2.75) is 59.3 Å². The Hall–Kier alpha value is -1.35. The van der Waals surface area contributed by atoms with Crippen molar-refractivity contribution >= 4 is 5.78 Å². The summed E-state index contributed by atoms with van der Waals surface area (Å²) in [5.74, 6) is 1.75. The number of Topliss-reactive ketones (excluding diaryl/α,β-unsaturated/α-hetero) is 1. The zero-order valence-electron chi connectivity index (χ0n) is 15.3. The van der Waals surface area contributed by atoms with E-state index in [4.69, 9.17) is 4.74 Å². The fraction of sp³-hybridized carbons (Fsp3) is 0.650. The van der Waals surface area contributed by atoms with Crippen LogP contribution >= 0.6 is 0 Å². The fourth-order valence-electron chi connectivity index (χ4n) is 2.91. The molecule has 0 saturated heterocycles. The number of ether oxygens (including phenoxy) is 1. The Morgan fingerprint density at radius 3 is 2.48 bits per heavy atom. The fourth-order valence-corrected chi connectivity index (χ4v) is 2.91. The first-order chi connectivity index (χ1) is 11.1. The van der Waals surface area contributed by atoms with Crippen LogP contribution in [0.4, 0.5) is 0 Å². The lowest BCUT2D eigenvalue weighted by atomic mass is 9.90. The molecule has 0 heterocycles. The molecule has 1 aromatic carbocycles. The van der Waals surface area contributed by atoms with Gasteiger partial charge in [0.1, 0.15) is 11.5 Å². The third-order valence-corrected chi connectivity index (χ3v) is 4.51. The van der Waals surface area contributed by atoms with E-state index in [1.807, 2.05) is 19.1 Å². The minimum absolute atomic E-state index is 0.385. The van der Waals surface area contributed by atoms with Crippen molar-refractivity contribution in [3.05, 3.63) is 29.8 Å². The molecule has 0 N–H and O–H groups in total. The topological polar surface area (TPSA) is 29.5 Å². The molecule has 130 valence electrons. The average Bonchev–Trinajstić information content (AvgIpc) is 2.57. The molecule has 3 nitrogen and oxygen atoms in total. The quantitative estimate of drug-likeness (QED) is 0.561. The second kappa shape index (κ2) is 11.2. The second-order valence-corrected chi connectivity index (χ2v) is 5.96. The van der Waals surface area contributed by atoms with Crippen LogP contribution in [0.3, 0.4) is 0 Å². The number of nitrogens with zero attached hydrogens (tertiary/aromatic N) is 1. The van der Waals surface area contributed by atoms with Crippen LogP contribution < -0.4 is 4.74 Å². The van der Waals surface area contributed by atoms with Crippen LogP contribution in [0.1, 0.15) is 64.9 Å². The lowest BCUT2D eigenvalue weighted by Crippen LogP contribution is -2.25. The molecule has 0 bridgehead atoms. The van der Waals surface area contributed by atoms with Gasteiger partial charge in [-0.15, -0.1) is 0 Å². The number of carbonyl (C=O) groups is 1.